The Morgan fingerprint density at radius 1 is 1.24 bits per heavy atom. The molecule has 1 aliphatic carbocycles. The molecule has 3 N–H and O–H groups in total. The normalized spacial score (nSPS) is 23.9. The number of nitrogens with zero attached hydrogens (tertiary/aromatic N) is 1. The van der Waals surface area contributed by atoms with E-state index in [0.717, 1.165) is 25.7 Å². The molecule has 1 aromatic carbocycles. The number of hydrogen-bond donors (Lipinski definition) is 3. The molecule has 1 fully saturated rings. The number of carbonyl (C=O) groups excluding carboxylic acids is 1. The molecule has 2 aliphatic rings. The average molecular weight is 406 g/mol. The molecule has 160 valence electrons. The summed E-state index contributed by atoms with van der Waals surface area (Å²) < 4.78 is 14.1. The number of aromatic hydroxyl groups is 1. The van der Waals surface area contributed by atoms with Gasteiger partial charge in [0.25, 0.3) is 5.91 Å². The molecular formula is C22H31FN2O4. The third kappa shape index (κ3) is 4.55. The zero-order valence-corrected chi connectivity index (χ0v) is 17.3. The summed E-state index contributed by atoms with van der Waals surface area (Å²) >= 11 is 0. The van der Waals surface area contributed by atoms with E-state index in [1.807, 2.05) is 13.8 Å². The third-order valence-electron chi connectivity index (χ3n) is 6.52. The number of phenolic OH excluding ortho intramolecular Hbond substituents is 1. The first-order valence-corrected chi connectivity index (χ1v) is 10.5. The Morgan fingerprint density at radius 2 is 1.90 bits per heavy atom. The van der Waals surface area contributed by atoms with Crippen LogP contribution in [0.5, 0.6) is 5.75 Å². The molecule has 1 amide bonds. The molecule has 7 heteroatoms. The molecule has 29 heavy (non-hydrogen) atoms. The largest absolute Gasteiger partial charge is 0.505 e. The minimum atomic E-state index is -0.822. The summed E-state index contributed by atoms with van der Waals surface area (Å²) in [6, 6.07) is 2.49. The van der Waals surface area contributed by atoms with Gasteiger partial charge in [-0.3, -0.25) is 9.59 Å². The fourth-order valence-corrected chi connectivity index (χ4v) is 4.70. The van der Waals surface area contributed by atoms with E-state index >= 15 is 0 Å². The van der Waals surface area contributed by atoms with Crippen molar-refractivity contribution in [3.8, 4) is 5.75 Å². The smallest absolute Gasteiger partial charge is 0.320 e. The summed E-state index contributed by atoms with van der Waals surface area (Å²) in [5.41, 5.74) is 0.634. The van der Waals surface area contributed by atoms with Crippen molar-refractivity contribution in [2.45, 2.75) is 65.1 Å². The zero-order valence-electron chi connectivity index (χ0n) is 17.3. The van der Waals surface area contributed by atoms with Gasteiger partial charge in [-0.1, -0.05) is 19.9 Å². The highest BCUT2D eigenvalue weighted by atomic mass is 19.1. The van der Waals surface area contributed by atoms with E-state index in [9.17, 15) is 24.2 Å². The average Bonchev–Trinajstić information content (AvgIpc) is 2.99. The van der Waals surface area contributed by atoms with Crippen LogP contribution in [0.3, 0.4) is 0 Å². The van der Waals surface area contributed by atoms with Crippen LogP contribution in [0, 0.1) is 23.6 Å². The number of carboxylic acids is 1. The molecule has 0 radical (unpaired) electrons. The van der Waals surface area contributed by atoms with E-state index < -0.39 is 23.6 Å². The topological polar surface area (TPSA) is 89.9 Å². The predicted molar refractivity (Wildman–Crippen MR) is 107 cm³/mol. The molecule has 1 unspecified atom stereocenters. The molecule has 0 aromatic heterocycles. The summed E-state index contributed by atoms with van der Waals surface area (Å²) in [7, 11) is 0. The number of carbonyl (C=O) groups is 2. The lowest BCUT2D eigenvalue weighted by atomic mass is 9.78. The number of aliphatic carboxylic acids is 1. The lowest BCUT2D eigenvalue weighted by Crippen LogP contribution is -2.48. The Balaban J connectivity index is 1.52. The Kier molecular flexibility index (Phi) is 6.46. The Morgan fingerprint density at radius 3 is 2.48 bits per heavy atom. The molecular weight excluding hydrogens is 375 g/mol. The second-order valence-electron chi connectivity index (χ2n) is 8.91. The van der Waals surface area contributed by atoms with Crippen molar-refractivity contribution in [1.82, 2.24) is 10.2 Å². The minimum absolute atomic E-state index is 0.00454. The molecule has 3 rings (SSSR count). The molecule has 0 spiro atoms. The first kappa shape index (κ1) is 21.6. The van der Waals surface area contributed by atoms with Gasteiger partial charge in [-0.15, -0.1) is 0 Å². The van der Waals surface area contributed by atoms with E-state index in [1.54, 1.807) is 11.0 Å². The van der Waals surface area contributed by atoms with Crippen LogP contribution in [0.4, 0.5) is 4.39 Å². The molecule has 1 heterocycles. The Hall–Kier alpha value is -2.15. The van der Waals surface area contributed by atoms with Gasteiger partial charge in [-0.05, 0) is 62.0 Å². The number of phenols is 1. The molecule has 6 nitrogen and oxygen atoms in total. The highest BCUT2D eigenvalue weighted by Gasteiger charge is 2.35. The highest BCUT2D eigenvalue weighted by molar-refractivity contribution is 5.99. The fraction of sp³-hybridized carbons (Fsp3) is 0.636. The van der Waals surface area contributed by atoms with E-state index in [2.05, 4.69) is 12.2 Å². The van der Waals surface area contributed by atoms with Crippen LogP contribution in [0.15, 0.2) is 12.1 Å². The number of fused-ring (bicyclic) bond motifs is 1. The van der Waals surface area contributed by atoms with Crippen molar-refractivity contribution in [1.29, 1.82) is 0 Å². The van der Waals surface area contributed by atoms with Crippen molar-refractivity contribution in [3.05, 3.63) is 29.1 Å². The van der Waals surface area contributed by atoms with Gasteiger partial charge in [0.2, 0.25) is 0 Å². The van der Waals surface area contributed by atoms with E-state index in [0.29, 0.717) is 30.5 Å². The van der Waals surface area contributed by atoms with Gasteiger partial charge in [0.1, 0.15) is 6.04 Å². The van der Waals surface area contributed by atoms with Crippen LogP contribution in [0.1, 0.15) is 62.4 Å². The summed E-state index contributed by atoms with van der Waals surface area (Å²) in [6.45, 7) is 6.84. The van der Waals surface area contributed by atoms with Gasteiger partial charge in [-0.25, -0.2) is 4.39 Å². The van der Waals surface area contributed by atoms with E-state index in [1.165, 1.54) is 6.07 Å². The van der Waals surface area contributed by atoms with Gasteiger partial charge in [-0.2, -0.15) is 0 Å². The van der Waals surface area contributed by atoms with Crippen LogP contribution >= 0.6 is 0 Å². The number of rotatable bonds is 7. The van der Waals surface area contributed by atoms with Crippen LogP contribution in [0.2, 0.25) is 0 Å². The minimum Gasteiger partial charge on any atom is -0.505 e. The Labute approximate surface area is 171 Å². The fourth-order valence-electron chi connectivity index (χ4n) is 4.70. The molecule has 1 aliphatic heterocycles. The lowest BCUT2D eigenvalue weighted by molar-refractivity contribution is -0.141. The summed E-state index contributed by atoms with van der Waals surface area (Å²) in [5.74, 6) is -1.67. The predicted octanol–water partition coefficient (Wildman–Crippen LogP) is 3.38. The van der Waals surface area contributed by atoms with Crippen LogP contribution in [-0.4, -0.2) is 45.6 Å². The van der Waals surface area contributed by atoms with Crippen molar-refractivity contribution in [3.63, 3.8) is 0 Å². The van der Waals surface area contributed by atoms with Crippen molar-refractivity contribution >= 4 is 11.9 Å². The second-order valence-corrected chi connectivity index (χ2v) is 8.91. The van der Waals surface area contributed by atoms with Gasteiger partial charge in [0.05, 0.1) is 5.56 Å². The number of carboxylic acid groups (broad SMARTS) is 1. The monoisotopic (exact) mass is 406 g/mol. The zero-order chi connectivity index (χ0) is 21.3. The summed E-state index contributed by atoms with van der Waals surface area (Å²) in [6.07, 6.45) is 3.88. The molecule has 1 aromatic rings. The van der Waals surface area contributed by atoms with Crippen LogP contribution < -0.4 is 5.32 Å². The lowest BCUT2D eigenvalue weighted by Gasteiger charge is -2.35. The quantitative estimate of drug-likeness (QED) is 0.646. The number of nitrogens with one attached hydrogen (secondary N) is 1. The van der Waals surface area contributed by atoms with Crippen LogP contribution in [0.25, 0.3) is 0 Å². The SMILES string of the molecule is CC(N[C@@H](C(=O)O)C(C)C)C1CCC(CN2Cc3ccc(O)c(F)c3C2=O)CC1. The van der Waals surface area contributed by atoms with Gasteiger partial charge >= 0.3 is 5.97 Å². The van der Waals surface area contributed by atoms with Crippen molar-refractivity contribution < 1.29 is 24.2 Å². The van der Waals surface area contributed by atoms with Crippen molar-refractivity contribution in [2.75, 3.05) is 6.54 Å². The second kappa shape index (κ2) is 8.69. The standard InChI is InChI=1S/C22H31FN2O4/c1-12(2)20(22(28)29)24-13(3)15-6-4-14(5-7-15)10-25-11-16-8-9-17(26)19(23)18(16)21(25)27/h8-9,12-15,20,24,26H,4-7,10-11H2,1-3H3,(H,28,29)/t13?,14?,15?,20-/m1/s1. The first-order valence-electron chi connectivity index (χ1n) is 10.5. The van der Waals surface area contributed by atoms with Gasteiger partial charge in [0.15, 0.2) is 11.6 Å². The van der Waals surface area contributed by atoms with Crippen molar-refractivity contribution in [2.24, 2.45) is 17.8 Å². The van der Waals surface area contributed by atoms with Gasteiger partial charge < -0.3 is 20.4 Å². The molecule has 0 saturated heterocycles. The van der Waals surface area contributed by atoms with Crippen LogP contribution in [-0.2, 0) is 11.3 Å². The van der Waals surface area contributed by atoms with E-state index in [-0.39, 0.29) is 23.4 Å². The highest BCUT2D eigenvalue weighted by Crippen LogP contribution is 2.35. The maximum atomic E-state index is 14.1. The first-order chi connectivity index (χ1) is 13.7. The number of hydrogen-bond acceptors (Lipinski definition) is 4. The maximum absolute atomic E-state index is 14.1. The molecule has 1 saturated carbocycles. The van der Waals surface area contributed by atoms with Gasteiger partial charge in [0, 0.05) is 19.1 Å². The Bertz CT molecular complexity index is 774. The number of halogens is 1. The maximum Gasteiger partial charge on any atom is 0.320 e. The molecule has 0 bridgehead atoms. The summed E-state index contributed by atoms with van der Waals surface area (Å²) in [5, 5.41) is 22.2. The summed E-state index contributed by atoms with van der Waals surface area (Å²) in [4.78, 5) is 25.7. The third-order valence-corrected chi connectivity index (χ3v) is 6.52. The van der Waals surface area contributed by atoms with E-state index in [4.69, 9.17) is 0 Å². The number of benzene rings is 1. The number of amides is 1. The molecule has 2 atom stereocenters.